The van der Waals surface area contributed by atoms with Gasteiger partial charge in [0.05, 0.1) is 18.2 Å². The first-order chi connectivity index (χ1) is 16.1. The monoisotopic (exact) mass is 466 g/mol. The van der Waals surface area contributed by atoms with Gasteiger partial charge in [-0.25, -0.2) is 4.39 Å². The third-order valence-electron chi connectivity index (χ3n) is 6.28. The van der Waals surface area contributed by atoms with Gasteiger partial charge in [0, 0.05) is 18.5 Å². The van der Waals surface area contributed by atoms with Gasteiger partial charge in [0.1, 0.15) is 11.9 Å². The predicted molar refractivity (Wildman–Crippen MR) is 128 cm³/mol. The van der Waals surface area contributed by atoms with Crippen LogP contribution in [0.3, 0.4) is 0 Å². The van der Waals surface area contributed by atoms with Gasteiger partial charge in [-0.1, -0.05) is 51.1 Å². The van der Waals surface area contributed by atoms with E-state index in [1.54, 1.807) is 21.7 Å². The predicted octanol–water partition coefficient (Wildman–Crippen LogP) is 3.35. The van der Waals surface area contributed by atoms with Crippen molar-refractivity contribution in [3.63, 3.8) is 0 Å². The summed E-state index contributed by atoms with van der Waals surface area (Å²) in [5, 5.41) is 18.0. The highest BCUT2D eigenvalue weighted by atomic mass is 19.1. The van der Waals surface area contributed by atoms with E-state index in [0.29, 0.717) is 37.9 Å². The number of likely N-dealkylation sites (tertiary alicyclic amines) is 1. The maximum atomic E-state index is 13.4. The van der Waals surface area contributed by atoms with E-state index in [2.05, 4.69) is 10.4 Å². The Morgan fingerprint density at radius 3 is 2.41 bits per heavy atom. The SMILES string of the molecule is CC(C)(C)[C@H](NC(=O)c1nn(Cc2ccc(F)cc2)c2ccccc12)C(=O)N1CCC(O)CC1. The molecule has 1 saturated heterocycles. The number of benzene rings is 2. The lowest BCUT2D eigenvalue weighted by Crippen LogP contribution is -2.56. The van der Waals surface area contributed by atoms with E-state index in [1.165, 1.54) is 12.1 Å². The highest BCUT2D eigenvalue weighted by Crippen LogP contribution is 2.25. The molecule has 3 aromatic rings. The van der Waals surface area contributed by atoms with Crippen LogP contribution in [-0.2, 0) is 11.3 Å². The second-order valence-electron chi connectivity index (χ2n) is 9.98. The lowest BCUT2D eigenvalue weighted by Gasteiger charge is -2.37. The number of halogens is 1. The van der Waals surface area contributed by atoms with Gasteiger partial charge >= 0.3 is 0 Å². The number of rotatable bonds is 5. The molecule has 0 radical (unpaired) electrons. The molecule has 180 valence electrons. The van der Waals surface area contributed by atoms with E-state index >= 15 is 0 Å². The van der Waals surface area contributed by atoms with Crippen molar-refractivity contribution in [1.29, 1.82) is 0 Å². The zero-order chi connectivity index (χ0) is 24.5. The summed E-state index contributed by atoms with van der Waals surface area (Å²) < 4.78 is 15.0. The van der Waals surface area contributed by atoms with E-state index in [-0.39, 0.29) is 23.5 Å². The number of carbonyl (C=O) groups is 2. The van der Waals surface area contributed by atoms with Gasteiger partial charge in [0.25, 0.3) is 5.91 Å². The Morgan fingerprint density at radius 2 is 1.76 bits per heavy atom. The molecule has 1 aromatic heterocycles. The van der Waals surface area contributed by atoms with Crippen molar-refractivity contribution < 1.29 is 19.1 Å². The first kappa shape index (κ1) is 23.9. The quantitative estimate of drug-likeness (QED) is 0.604. The summed E-state index contributed by atoms with van der Waals surface area (Å²) in [6.07, 6.45) is 0.687. The fourth-order valence-electron chi connectivity index (χ4n) is 4.30. The zero-order valence-electron chi connectivity index (χ0n) is 19.8. The average Bonchev–Trinajstić information content (AvgIpc) is 3.17. The standard InChI is InChI=1S/C26H31FN4O3/c1-26(2,3)23(25(34)30-14-12-19(32)13-15-30)28-24(33)22-20-6-4-5-7-21(20)31(29-22)16-17-8-10-18(27)11-9-17/h4-11,19,23,32H,12-16H2,1-3H3,(H,28,33)/t23-/m1/s1. The Balaban J connectivity index is 1.60. The summed E-state index contributed by atoms with van der Waals surface area (Å²) in [5.41, 5.74) is 1.36. The summed E-state index contributed by atoms with van der Waals surface area (Å²) >= 11 is 0. The number of hydrogen-bond donors (Lipinski definition) is 2. The van der Waals surface area contributed by atoms with E-state index < -0.39 is 17.4 Å². The molecule has 1 aliphatic heterocycles. The molecule has 0 bridgehead atoms. The van der Waals surface area contributed by atoms with Gasteiger partial charge in [0.15, 0.2) is 5.69 Å². The van der Waals surface area contributed by atoms with Crippen LogP contribution in [0.2, 0.25) is 0 Å². The first-order valence-electron chi connectivity index (χ1n) is 11.6. The summed E-state index contributed by atoms with van der Waals surface area (Å²) in [7, 11) is 0. The number of aliphatic hydroxyl groups is 1. The van der Waals surface area contributed by atoms with Gasteiger partial charge in [-0.3, -0.25) is 14.3 Å². The summed E-state index contributed by atoms with van der Waals surface area (Å²) in [6.45, 7) is 7.07. The van der Waals surface area contributed by atoms with Crippen LogP contribution in [0.1, 0.15) is 49.7 Å². The molecule has 1 aliphatic rings. The number of fused-ring (bicyclic) bond motifs is 1. The maximum absolute atomic E-state index is 13.4. The van der Waals surface area contributed by atoms with Crippen LogP contribution in [0.5, 0.6) is 0 Å². The van der Waals surface area contributed by atoms with Crippen molar-refractivity contribution in [3.8, 4) is 0 Å². The number of nitrogens with one attached hydrogen (secondary N) is 1. The Morgan fingerprint density at radius 1 is 1.12 bits per heavy atom. The molecule has 1 fully saturated rings. The summed E-state index contributed by atoms with van der Waals surface area (Å²) in [5.74, 6) is -0.877. The average molecular weight is 467 g/mol. The van der Waals surface area contributed by atoms with Crippen molar-refractivity contribution >= 4 is 22.7 Å². The minimum Gasteiger partial charge on any atom is -0.393 e. The number of aliphatic hydroxyl groups excluding tert-OH is 1. The second-order valence-corrected chi connectivity index (χ2v) is 9.98. The van der Waals surface area contributed by atoms with Crippen LogP contribution in [0.25, 0.3) is 10.9 Å². The van der Waals surface area contributed by atoms with Crippen molar-refractivity contribution in [1.82, 2.24) is 20.0 Å². The van der Waals surface area contributed by atoms with Crippen molar-refractivity contribution in [3.05, 3.63) is 65.6 Å². The smallest absolute Gasteiger partial charge is 0.273 e. The minimum atomic E-state index is -0.740. The largest absolute Gasteiger partial charge is 0.393 e. The van der Waals surface area contributed by atoms with Crippen molar-refractivity contribution in [2.24, 2.45) is 5.41 Å². The Hall–Kier alpha value is -3.26. The van der Waals surface area contributed by atoms with Gasteiger partial charge in [-0.05, 0) is 42.0 Å². The number of nitrogens with zero attached hydrogens (tertiary/aromatic N) is 3. The van der Waals surface area contributed by atoms with E-state index in [4.69, 9.17) is 0 Å². The Bertz CT molecular complexity index is 1170. The van der Waals surface area contributed by atoms with Gasteiger partial charge in [0.2, 0.25) is 5.91 Å². The van der Waals surface area contributed by atoms with Crippen LogP contribution in [0.4, 0.5) is 4.39 Å². The Kier molecular flexibility index (Phi) is 6.70. The van der Waals surface area contributed by atoms with Crippen molar-refractivity contribution in [2.75, 3.05) is 13.1 Å². The van der Waals surface area contributed by atoms with Crippen LogP contribution in [0.15, 0.2) is 48.5 Å². The number of amides is 2. The lowest BCUT2D eigenvalue weighted by atomic mass is 9.85. The molecule has 8 heteroatoms. The van der Waals surface area contributed by atoms with E-state index in [9.17, 15) is 19.1 Å². The first-order valence-corrected chi connectivity index (χ1v) is 11.6. The van der Waals surface area contributed by atoms with Gasteiger partial charge in [-0.2, -0.15) is 5.10 Å². The molecule has 2 aromatic carbocycles. The van der Waals surface area contributed by atoms with Crippen LogP contribution in [0, 0.1) is 11.2 Å². The van der Waals surface area contributed by atoms with E-state index in [0.717, 1.165) is 11.1 Å². The fraction of sp³-hybridized carbons (Fsp3) is 0.423. The lowest BCUT2D eigenvalue weighted by molar-refractivity contribution is -0.137. The fourth-order valence-corrected chi connectivity index (χ4v) is 4.30. The topological polar surface area (TPSA) is 87.5 Å². The molecule has 2 heterocycles. The van der Waals surface area contributed by atoms with Crippen molar-refractivity contribution in [2.45, 2.75) is 52.3 Å². The maximum Gasteiger partial charge on any atom is 0.273 e. The van der Waals surface area contributed by atoms with E-state index in [1.807, 2.05) is 45.0 Å². The van der Waals surface area contributed by atoms with Crippen LogP contribution >= 0.6 is 0 Å². The molecule has 0 saturated carbocycles. The number of aromatic nitrogens is 2. The summed E-state index contributed by atoms with van der Waals surface area (Å²) in [4.78, 5) is 28.5. The van der Waals surface area contributed by atoms with Gasteiger partial charge < -0.3 is 15.3 Å². The molecule has 7 nitrogen and oxygen atoms in total. The second kappa shape index (κ2) is 9.54. The normalized spacial score (nSPS) is 16.0. The molecule has 2 amide bonds. The van der Waals surface area contributed by atoms with Crippen LogP contribution < -0.4 is 5.32 Å². The highest BCUT2D eigenvalue weighted by molar-refractivity contribution is 6.06. The third-order valence-corrected chi connectivity index (χ3v) is 6.28. The molecule has 4 rings (SSSR count). The molecule has 0 spiro atoms. The Labute approximate surface area is 198 Å². The molecular weight excluding hydrogens is 435 g/mol. The molecule has 2 N–H and O–H groups in total. The third kappa shape index (κ3) is 5.12. The zero-order valence-corrected chi connectivity index (χ0v) is 19.8. The number of hydrogen-bond acceptors (Lipinski definition) is 4. The molecule has 0 unspecified atom stereocenters. The molecular formula is C26H31FN4O3. The number of carbonyl (C=O) groups excluding carboxylic acids is 2. The highest BCUT2D eigenvalue weighted by Gasteiger charge is 2.37. The van der Waals surface area contributed by atoms with Crippen LogP contribution in [-0.4, -0.2) is 56.8 Å². The number of piperidine rings is 1. The van der Waals surface area contributed by atoms with Gasteiger partial charge in [-0.15, -0.1) is 0 Å². The molecule has 34 heavy (non-hydrogen) atoms. The number of para-hydroxylation sites is 1. The minimum absolute atomic E-state index is 0.150. The molecule has 0 aliphatic carbocycles. The molecule has 1 atom stereocenters. The summed E-state index contributed by atoms with van der Waals surface area (Å²) in [6, 6.07) is 12.9.